The number of carbonyl (C=O) groups is 1. The highest BCUT2D eigenvalue weighted by Gasteiger charge is 2.27. The smallest absolute Gasteiger partial charge is 0.259 e. The fourth-order valence-electron chi connectivity index (χ4n) is 4.44. The average Bonchev–Trinajstić information content (AvgIpc) is 3.27. The van der Waals surface area contributed by atoms with Gasteiger partial charge in [-0.2, -0.15) is 10.2 Å². The first kappa shape index (κ1) is 24.3. The normalized spacial score (nSPS) is 13.8. The molecule has 0 bridgehead atoms. The number of amides is 1. The molecule has 5 heterocycles. The standard InChI is InChI=1S/C27H26ClN7O3/c1-15-19(13-34(32-15)14-27(2,3)37)17-6-7-35-24(8-17)18(11-30-35)26(36)31-22-9-23(29-12-20(22)28)25-10-21(33-38-25)16-4-5-16/h6-13,16,37H,4-5,14H2,1-3H3,(H,29,31,36). The van der Waals surface area contributed by atoms with Gasteiger partial charge in [-0.15, -0.1) is 0 Å². The zero-order valence-corrected chi connectivity index (χ0v) is 21.9. The Morgan fingerprint density at radius 1 is 1.26 bits per heavy atom. The molecule has 1 saturated carbocycles. The highest BCUT2D eigenvalue weighted by atomic mass is 35.5. The van der Waals surface area contributed by atoms with Crippen LogP contribution in [0.3, 0.4) is 0 Å². The summed E-state index contributed by atoms with van der Waals surface area (Å²) in [5.41, 5.74) is 4.59. The van der Waals surface area contributed by atoms with Crippen molar-refractivity contribution in [2.75, 3.05) is 5.32 Å². The number of nitrogens with zero attached hydrogens (tertiary/aromatic N) is 6. The van der Waals surface area contributed by atoms with Gasteiger partial charge in [0.1, 0.15) is 5.69 Å². The Morgan fingerprint density at radius 3 is 2.84 bits per heavy atom. The molecule has 6 rings (SSSR count). The van der Waals surface area contributed by atoms with Gasteiger partial charge in [0.05, 0.1) is 51.5 Å². The van der Waals surface area contributed by atoms with Crippen molar-refractivity contribution in [1.29, 1.82) is 0 Å². The summed E-state index contributed by atoms with van der Waals surface area (Å²) in [6, 6.07) is 7.38. The zero-order chi connectivity index (χ0) is 26.6. The van der Waals surface area contributed by atoms with E-state index in [9.17, 15) is 9.90 Å². The summed E-state index contributed by atoms with van der Waals surface area (Å²) in [6.45, 7) is 5.75. The predicted molar refractivity (Wildman–Crippen MR) is 142 cm³/mol. The van der Waals surface area contributed by atoms with Crippen molar-refractivity contribution in [2.45, 2.75) is 51.7 Å². The van der Waals surface area contributed by atoms with Crippen LogP contribution in [0, 0.1) is 6.92 Å². The van der Waals surface area contributed by atoms with Crippen LogP contribution in [0.1, 0.15) is 54.4 Å². The summed E-state index contributed by atoms with van der Waals surface area (Å²) >= 11 is 6.37. The minimum atomic E-state index is -0.891. The third kappa shape index (κ3) is 4.80. The van der Waals surface area contributed by atoms with Gasteiger partial charge in [0.2, 0.25) is 0 Å². The van der Waals surface area contributed by atoms with E-state index in [0.717, 1.165) is 35.4 Å². The average molecular weight is 532 g/mol. The zero-order valence-electron chi connectivity index (χ0n) is 21.1. The largest absolute Gasteiger partial charge is 0.389 e. The summed E-state index contributed by atoms with van der Waals surface area (Å²) in [5.74, 6) is 0.626. The van der Waals surface area contributed by atoms with Crippen molar-refractivity contribution in [3.8, 4) is 22.6 Å². The quantitative estimate of drug-likeness (QED) is 0.299. The Labute approximate surface area is 223 Å². The van der Waals surface area contributed by atoms with Crippen LogP contribution in [0.5, 0.6) is 0 Å². The Morgan fingerprint density at radius 2 is 2.08 bits per heavy atom. The van der Waals surface area contributed by atoms with E-state index in [1.165, 1.54) is 12.4 Å². The molecule has 0 aliphatic heterocycles. The predicted octanol–water partition coefficient (Wildman–Crippen LogP) is 5.11. The Kier molecular flexibility index (Phi) is 5.81. The molecule has 0 atom stereocenters. The number of rotatable bonds is 7. The van der Waals surface area contributed by atoms with Crippen LogP contribution in [0.25, 0.3) is 28.1 Å². The molecule has 194 valence electrons. The van der Waals surface area contributed by atoms with E-state index in [4.69, 9.17) is 16.1 Å². The summed E-state index contributed by atoms with van der Waals surface area (Å²) < 4.78 is 8.84. The molecule has 1 aliphatic carbocycles. The van der Waals surface area contributed by atoms with E-state index in [1.807, 2.05) is 31.3 Å². The Balaban J connectivity index is 1.28. The van der Waals surface area contributed by atoms with E-state index in [0.29, 0.717) is 45.7 Å². The third-order valence-electron chi connectivity index (χ3n) is 6.45. The summed E-state index contributed by atoms with van der Waals surface area (Å²) in [5, 5.41) is 26.4. The van der Waals surface area contributed by atoms with Gasteiger partial charge in [0.15, 0.2) is 5.76 Å². The molecule has 5 aromatic heterocycles. The van der Waals surface area contributed by atoms with Crippen molar-refractivity contribution in [3.05, 3.63) is 71.0 Å². The van der Waals surface area contributed by atoms with Crippen molar-refractivity contribution in [3.63, 3.8) is 0 Å². The van der Waals surface area contributed by atoms with E-state index in [1.54, 1.807) is 35.3 Å². The molecule has 0 saturated heterocycles. The number of hydrogen-bond acceptors (Lipinski definition) is 7. The molecule has 0 spiro atoms. The van der Waals surface area contributed by atoms with E-state index < -0.39 is 5.60 Å². The summed E-state index contributed by atoms with van der Waals surface area (Å²) in [7, 11) is 0. The number of fused-ring (bicyclic) bond motifs is 1. The minimum absolute atomic E-state index is 0.302. The molecule has 11 heteroatoms. The lowest BCUT2D eigenvalue weighted by Gasteiger charge is -2.16. The fraction of sp³-hybridized carbons (Fsp3) is 0.296. The fourth-order valence-corrected chi connectivity index (χ4v) is 4.59. The molecule has 10 nitrogen and oxygen atoms in total. The number of aromatic nitrogens is 6. The van der Waals surface area contributed by atoms with Gasteiger partial charge in [-0.1, -0.05) is 16.8 Å². The van der Waals surface area contributed by atoms with Crippen molar-refractivity contribution < 1.29 is 14.4 Å². The minimum Gasteiger partial charge on any atom is -0.389 e. The van der Waals surface area contributed by atoms with E-state index in [2.05, 4.69) is 25.7 Å². The Hall–Kier alpha value is -4.02. The third-order valence-corrected chi connectivity index (χ3v) is 6.75. The van der Waals surface area contributed by atoms with Crippen LogP contribution in [-0.4, -0.2) is 46.1 Å². The van der Waals surface area contributed by atoms with Crippen molar-refractivity contribution in [2.24, 2.45) is 0 Å². The number of pyridine rings is 2. The molecule has 1 aliphatic rings. The number of hydrogen-bond donors (Lipinski definition) is 2. The number of nitrogens with one attached hydrogen (secondary N) is 1. The molecule has 0 radical (unpaired) electrons. The van der Waals surface area contributed by atoms with E-state index >= 15 is 0 Å². The van der Waals surface area contributed by atoms with Crippen LogP contribution in [0.2, 0.25) is 5.02 Å². The first-order valence-corrected chi connectivity index (χ1v) is 12.7. The molecule has 0 aromatic carbocycles. The van der Waals surface area contributed by atoms with Crippen LogP contribution < -0.4 is 5.32 Å². The molecular formula is C27H26ClN7O3. The second kappa shape index (κ2) is 9.07. The Bertz CT molecular complexity index is 1670. The van der Waals surface area contributed by atoms with Crippen molar-refractivity contribution in [1.82, 2.24) is 29.5 Å². The summed E-state index contributed by atoms with van der Waals surface area (Å²) in [4.78, 5) is 17.7. The van der Waals surface area contributed by atoms with Crippen LogP contribution in [0.4, 0.5) is 5.69 Å². The van der Waals surface area contributed by atoms with Gasteiger partial charge in [-0.3, -0.25) is 14.5 Å². The highest BCUT2D eigenvalue weighted by Crippen LogP contribution is 2.40. The second-order valence-electron chi connectivity index (χ2n) is 10.3. The first-order valence-electron chi connectivity index (χ1n) is 12.3. The van der Waals surface area contributed by atoms with Crippen molar-refractivity contribution >= 4 is 28.7 Å². The van der Waals surface area contributed by atoms with Gasteiger partial charge in [0.25, 0.3) is 5.91 Å². The number of halogens is 1. The van der Waals surface area contributed by atoms with Gasteiger partial charge in [0, 0.05) is 36.1 Å². The molecule has 38 heavy (non-hydrogen) atoms. The maximum Gasteiger partial charge on any atom is 0.259 e. The maximum absolute atomic E-state index is 13.3. The molecule has 5 aromatic rings. The molecule has 2 N–H and O–H groups in total. The monoisotopic (exact) mass is 531 g/mol. The number of aliphatic hydroxyl groups is 1. The maximum atomic E-state index is 13.3. The molecular weight excluding hydrogens is 506 g/mol. The lowest BCUT2D eigenvalue weighted by Crippen LogP contribution is -2.26. The van der Waals surface area contributed by atoms with Gasteiger partial charge in [-0.05, 0) is 57.4 Å². The lowest BCUT2D eigenvalue weighted by molar-refractivity contribution is 0.0577. The van der Waals surface area contributed by atoms with Gasteiger partial charge >= 0.3 is 0 Å². The van der Waals surface area contributed by atoms with E-state index in [-0.39, 0.29) is 5.91 Å². The first-order chi connectivity index (χ1) is 18.1. The van der Waals surface area contributed by atoms with Gasteiger partial charge < -0.3 is 14.9 Å². The number of aryl methyl sites for hydroxylation is 1. The number of anilines is 1. The van der Waals surface area contributed by atoms with Crippen LogP contribution >= 0.6 is 11.6 Å². The molecule has 1 amide bonds. The second-order valence-corrected chi connectivity index (χ2v) is 10.7. The van der Waals surface area contributed by atoms with Crippen LogP contribution in [0.15, 0.2) is 53.6 Å². The summed E-state index contributed by atoms with van der Waals surface area (Å²) in [6.07, 6.45) is 8.93. The molecule has 0 unspecified atom stereocenters. The number of carbonyl (C=O) groups excluding carboxylic acids is 1. The lowest BCUT2D eigenvalue weighted by atomic mass is 10.1. The molecule has 1 fully saturated rings. The van der Waals surface area contributed by atoms with Gasteiger partial charge in [-0.25, -0.2) is 4.52 Å². The van der Waals surface area contributed by atoms with Crippen LogP contribution in [-0.2, 0) is 6.54 Å². The topological polar surface area (TPSA) is 123 Å². The highest BCUT2D eigenvalue weighted by molar-refractivity contribution is 6.34. The SMILES string of the molecule is Cc1nn(CC(C)(C)O)cc1-c1ccn2ncc(C(=O)Nc3cc(-c4cc(C5CC5)no4)ncc3Cl)c2c1.